The number of nitrogens with one attached hydrogen (secondary N) is 2. The molecule has 1 aliphatic heterocycles. The van der Waals surface area contributed by atoms with Crippen LogP contribution in [0.15, 0.2) is 85.4 Å². The zero-order valence-corrected chi connectivity index (χ0v) is 17.9. The van der Waals surface area contributed by atoms with Crippen molar-refractivity contribution in [2.75, 3.05) is 6.54 Å². The number of amides is 1. The van der Waals surface area contributed by atoms with Gasteiger partial charge in [-0.05, 0) is 41.6 Å². The number of aryl methyl sites for hydroxylation is 1. The molecule has 6 rings (SSSR count). The first-order valence-electron chi connectivity index (χ1n) is 11.0. The average molecular weight is 438 g/mol. The highest BCUT2D eigenvalue weighted by Gasteiger charge is 2.41. The number of hydrogen-bond donors (Lipinski definition) is 3. The second kappa shape index (κ2) is 7.70. The summed E-state index contributed by atoms with van der Waals surface area (Å²) in [5.41, 5.74) is 4.49. The van der Waals surface area contributed by atoms with Gasteiger partial charge in [-0.15, -0.1) is 0 Å². The molecule has 1 unspecified atom stereocenters. The van der Waals surface area contributed by atoms with Gasteiger partial charge in [-0.1, -0.05) is 24.3 Å². The van der Waals surface area contributed by atoms with Gasteiger partial charge >= 0.3 is 0 Å². The van der Waals surface area contributed by atoms with Crippen LogP contribution >= 0.6 is 0 Å². The first-order valence-corrected chi connectivity index (χ1v) is 11.0. The molecule has 0 bridgehead atoms. The monoisotopic (exact) mass is 437 g/mol. The second-order valence-corrected chi connectivity index (χ2v) is 8.39. The van der Waals surface area contributed by atoms with Crippen LogP contribution in [-0.2, 0) is 11.3 Å². The summed E-state index contributed by atoms with van der Waals surface area (Å²) in [6.07, 6.45) is 9.98. The molecule has 0 saturated heterocycles. The molecule has 4 heterocycles. The lowest BCUT2D eigenvalue weighted by Gasteiger charge is -2.27. The first kappa shape index (κ1) is 19.4. The molecule has 3 N–H and O–H groups in total. The van der Waals surface area contributed by atoms with Crippen LogP contribution in [0.5, 0.6) is 0 Å². The summed E-state index contributed by atoms with van der Waals surface area (Å²) >= 11 is 0. The minimum absolute atomic E-state index is 0.179. The molecule has 0 radical (unpaired) electrons. The van der Waals surface area contributed by atoms with Crippen LogP contribution in [0.3, 0.4) is 0 Å². The molecular weight excluding hydrogens is 414 g/mol. The van der Waals surface area contributed by atoms with Crippen molar-refractivity contribution < 1.29 is 9.90 Å². The van der Waals surface area contributed by atoms with E-state index in [-0.39, 0.29) is 17.7 Å². The van der Waals surface area contributed by atoms with E-state index in [0.29, 0.717) is 12.1 Å². The van der Waals surface area contributed by atoms with E-state index in [1.54, 1.807) is 17.4 Å². The van der Waals surface area contributed by atoms with Crippen molar-refractivity contribution in [3.8, 4) is 0 Å². The van der Waals surface area contributed by atoms with Gasteiger partial charge in [0, 0.05) is 65.4 Å². The third-order valence-electron chi connectivity index (χ3n) is 6.45. The zero-order chi connectivity index (χ0) is 22.4. The third kappa shape index (κ3) is 3.20. The molecule has 164 valence electrons. The molecule has 0 spiro atoms. The number of fused-ring (bicyclic) bond motifs is 2. The average Bonchev–Trinajstić information content (AvgIpc) is 3.62. The van der Waals surface area contributed by atoms with E-state index >= 15 is 0 Å². The van der Waals surface area contributed by atoms with Crippen molar-refractivity contribution in [1.82, 2.24) is 24.4 Å². The van der Waals surface area contributed by atoms with Gasteiger partial charge in [0.25, 0.3) is 5.91 Å². The van der Waals surface area contributed by atoms with Gasteiger partial charge < -0.3 is 24.5 Å². The van der Waals surface area contributed by atoms with Crippen LogP contribution in [0.25, 0.3) is 27.4 Å². The van der Waals surface area contributed by atoms with Crippen LogP contribution in [0, 0.1) is 0 Å². The fourth-order valence-electron chi connectivity index (χ4n) is 4.88. The number of imidazole rings is 1. The Kier molecular flexibility index (Phi) is 4.54. The lowest BCUT2D eigenvalue weighted by atomic mass is 9.92. The number of aliphatic hydroxyl groups excluding tert-OH is 1. The first-order chi connectivity index (χ1) is 16.2. The number of para-hydroxylation sites is 1. The minimum Gasteiger partial charge on any atom is -0.503 e. The van der Waals surface area contributed by atoms with E-state index < -0.39 is 0 Å². The van der Waals surface area contributed by atoms with Crippen LogP contribution < -0.4 is 0 Å². The van der Waals surface area contributed by atoms with Crippen molar-refractivity contribution in [3.05, 3.63) is 96.5 Å². The Bertz CT molecular complexity index is 1490. The fraction of sp³-hybridized carbons (Fsp3) is 0.154. The molecule has 1 aliphatic rings. The van der Waals surface area contributed by atoms with Gasteiger partial charge in [0.15, 0.2) is 5.76 Å². The Hall–Kier alpha value is -4.26. The fourth-order valence-corrected chi connectivity index (χ4v) is 4.88. The number of carbonyl (C=O) groups is 1. The number of nitrogens with zero attached hydrogens (tertiary/aromatic N) is 3. The Balaban J connectivity index is 1.43. The summed E-state index contributed by atoms with van der Waals surface area (Å²) in [5.74, 6) is -0.512. The maximum atomic E-state index is 13.3. The topological polar surface area (TPSA) is 89.9 Å². The molecule has 0 saturated carbocycles. The molecule has 33 heavy (non-hydrogen) atoms. The van der Waals surface area contributed by atoms with Crippen LogP contribution in [0.2, 0.25) is 0 Å². The van der Waals surface area contributed by atoms with E-state index in [1.807, 2.05) is 65.6 Å². The Morgan fingerprint density at radius 2 is 1.94 bits per heavy atom. The van der Waals surface area contributed by atoms with Crippen molar-refractivity contribution in [2.45, 2.75) is 19.0 Å². The van der Waals surface area contributed by atoms with Gasteiger partial charge in [-0.25, -0.2) is 4.98 Å². The number of hydrogen-bond acceptors (Lipinski definition) is 3. The van der Waals surface area contributed by atoms with Gasteiger partial charge in [0.2, 0.25) is 0 Å². The molecular formula is C26H23N5O2. The lowest BCUT2D eigenvalue weighted by molar-refractivity contribution is -0.129. The maximum Gasteiger partial charge on any atom is 0.289 e. The maximum absolute atomic E-state index is 13.3. The van der Waals surface area contributed by atoms with Crippen molar-refractivity contribution in [1.29, 1.82) is 0 Å². The molecule has 2 aromatic carbocycles. The zero-order valence-electron chi connectivity index (χ0n) is 17.9. The van der Waals surface area contributed by atoms with Gasteiger partial charge in [-0.3, -0.25) is 4.79 Å². The summed E-state index contributed by atoms with van der Waals surface area (Å²) in [5, 5.41) is 13.2. The van der Waals surface area contributed by atoms with Gasteiger partial charge in [0.1, 0.15) is 0 Å². The van der Waals surface area contributed by atoms with E-state index in [0.717, 1.165) is 45.9 Å². The largest absolute Gasteiger partial charge is 0.503 e. The molecule has 5 aromatic rings. The number of aromatic amines is 2. The van der Waals surface area contributed by atoms with Crippen LogP contribution in [0.4, 0.5) is 0 Å². The highest BCUT2D eigenvalue weighted by atomic mass is 16.3. The second-order valence-electron chi connectivity index (χ2n) is 8.39. The van der Waals surface area contributed by atoms with Gasteiger partial charge in [-0.2, -0.15) is 0 Å². The third-order valence-corrected chi connectivity index (χ3v) is 6.45. The molecule has 1 atom stereocenters. The minimum atomic E-state index is -0.376. The Morgan fingerprint density at radius 3 is 2.82 bits per heavy atom. The van der Waals surface area contributed by atoms with Crippen molar-refractivity contribution in [3.63, 3.8) is 0 Å². The molecule has 0 aliphatic carbocycles. The summed E-state index contributed by atoms with van der Waals surface area (Å²) in [6.45, 7) is 1.26. The summed E-state index contributed by atoms with van der Waals surface area (Å²) in [7, 11) is 0. The standard InChI is InChI=1S/C26H23N5O2/c32-25-23(20-15-29-22-5-2-1-4-19(20)22)24(18-6-7-21-17(14-18)8-9-28-21)31(26(25)33)12-3-11-30-13-10-27-16-30/h1-2,4-10,13-16,24,28-29,32H,3,11-12H2. The predicted octanol–water partition coefficient (Wildman–Crippen LogP) is 4.79. The van der Waals surface area contributed by atoms with Crippen molar-refractivity contribution >= 4 is 33.3 Å². The molecule has 0 fully saturated rings. The Labute approximate surface area is 190 Å². The number of benzene rings is 2. The van der Waals surface area contributed by atoms with Gasteiger partial charge in [0.05, 0.1) is 12.4 Å². The number of rotatable bonds is 6. The molecule has 7 nitrogen and oxygen atoms in total. The van der Waals surface area contributed by atoms with Crippen LogP contribution in [-0.4, -0.2) is 42.0 Å². The summed E-state index contributed by atoms with van der Waals surface area (Å²) in [4.78, 5) is 25.7. The van der Waals surface area contributed by atoms with E-state index in [9.17, 15) is 9.90 Å². The predicted molar refractivity (Wildman–Crippen MR) is 127 cm³/mol. The molecule has 1 amide bonds. The Morgan fingerprint density at radius 1 is 1.03 bits per heavy atom. The molecule has 7 heteroatoms. The quantitative estimate of drug-likeness (QED) is 0.357. The molecule has 3 aromatic heterocycles. The number of H-pyrrole nitrogens is 2. The number of carbonyl (C=O) groups excluding carboxylic acids is 1. The number of aliphatic hydroxyl groups is 1. The summed E-state index contributed by atoms with van der Waals surface area (Å²) < 4.78 is 2.00. The highest BCUT2D eigenvalue weighted by Crippen LogP contribution is 2.45. The van der Waals surface area contributed by atoms with Crippen LogP contribution in [0.1, 0.15) is 23.6 Å². The number of aromatic nitrogens is 4. The van der Waals surface area contributed by atoms with E-state index in [1.165, 1.54) is 0 Å². The summed E-state index contributed by atoms with van der Waals surface area (Å²) in [6, 6.07) is 15.8. The van der Waals surface area contributed by atoms with E-state index in [4.69, 9.17) is 0 Å². The van der Waals surface area contributed by atoms with Crippen molar-refractivity contribution in [2.24, 2.45) is 0 Å². The lowest BCUT2D eigenvalue weighted by Crippen LogP contribution is -2.31. The normalized spacial score (nSPS) is 16.5. The smallest absolute Gasteiger partial charge is 0.289 e. The highest BCUT2D eigenvalue weighted by molar-refractivity contribution is 6.09. The van der Waals surface area contributed by atoms with E-state index in [2.05, 4.69) is 21.0 Å². The SMILES string of the molecule is O=C1C(O)=C(c2c[nH]c3ccccc23)C(c2ccc3[nH]ccc3c2)N1CCCn1ccnc1.